The minimum atomic E-state index is -1.11. The normalized spacial score (nSPS) is 15.2. The smallest absolute Gasteiger partial charge is 0.337 e. The Morgan fingerprint density at radius 2 is 1.74 bits per heavy atom. The van der Waals surface area contributed by atoms with Crippen LogP contribution in [0, 0.1) is 13.8 Å². The monoisotopic (exact) mass is 452 g/mol. The number of para-hydroxylation sites is 1. The molecule has 2 heterocycles. The number of hydrogen-bond acceptors (Lipinski definition) is 4. The fraction of sp³-hybridized carbons (Fsp3) is 0.0870. The molecule has 31 heavy (non-hydrogen) atoms. The molecule has 2 aromatic carbocycles. The number of halogens is 1. The van der Waals surface area contributed by atoms with E-state index < -0.39 is 5.97 Å². The zero-order valence-corrected chi connectivity index (χ0v) is 18.2. The molecule has 6 nitrogen and oxygen atoms in total. The topological polar surface area (TPSA) is 79.6 Å². The number of benzene rings is 2. The molecule has 1 fully saturated rings. The quantitative estimate of drug-likeness (QED) is 0.514. The lowest BCUT2D eigenvalue weighted by molar-refractivity contribution is -0.113. The van der Waals surface area contributed by atoms with E-state index in [0.717, 1.165) is 33.6 Å². The molecule has 0 spiro atoms. The molecule has 1 saturated heterocycles. The van der Waals surface area contributed by atoms with Crippen molar-refractivity contribution < 1.29 is 19.5 Å². The first-order chi connectivity index (χ1) is 14.8. The van der Waals surface area contributed by atoms with Crippen LogP contribution in [0.1, 0.15) is 27.3 Å². The van der Waals surface area contributed by atoms with Crippen molar-refractivity contribution in [2.24, 2.45) is 0 Å². The third-order valence-corrected chi connectivity index (χ3v) is 6.20. The third kappa shape index (κ3) is 3.78. The molecule has 1 aliphatic rings. The standard InChI is InChI=1S/C23H17ClN2O4S/c1-13-10-15(14(2)25(13)17-8-9-19(24)18(12-17)22(28)29)11-20-21(27)26(23(30)31-20)16-6-4-3-5-7-16/h3-12H,1-2H3,(H,28,29)/b20-11+. The molecule has 8 heteroatoms. The summed E-state index contributed by atoms with van der Waals surface area (Å²) in [6.07, 6.45) is 1.70. The van der Waals surface area contributed by atoms with Crippen LogP contribution in [0.15, 0.2) is 59.5 Å². The fourth-order valence-corrected chi connectivity index (χ4v) is 4.59. The van der Waals surface area contributed by atoms with Crippen molar-refractivity contribution in [1.82, 2.24) is 4.57 Å². The predicted octanol–water partition coefficient (Wildman–Crippen LogP) is 5.69. The van der Waals surface area contributed by atoms with Gasteiger partial charge in [0.15, 0.2) is 0 Å². The van der Waals surface area contributed by atoms with Gasteiger partial charge in [0.1, 0.15) is 0 Å². The first-order valence-corrected chi connectivity index (χ1v) is 10.5. The number of carbonyl (C=O) groups excluding carboxylic acids is 2. The molecule has 0 atom stereocenters. The number of aromatic nitrogens is 1. The van der Waals surface area contributed by atoms with E-state index in [0.29, 0.717) is 16.3 Å². The number of amides is 2. The molecule has 4 rings (SSSR count). The molecule has 0 aliphatic carbocycles. The molecule has 156 valence electrons. The van der Waals surface area contributed by atoms with E-state index >= 15 is 0 Å². The maximum absolute atomic E-state index is 12.9. The van der Waals surface area contributed by atoms with E-state index in [4.69, 9.17) is 11.6 Å². The Morgan fingerprint density at radius 3 is 2.42 bits per heavy atom. The van der Waals surface area contributed by atoms with Gasteiger partial charge in [-0.15, -0.1) is 0 Å². The number of aromatic carboxylic acids is 1. The number of nitrogens with zero attached hydrogens (tertiary/aromatic N) is 2. The molecule has 1 N–H and O–H groups in total. The Kier molecular flexibility index (Phi) is 5.47. The summed E-state index contributed by atoms with van der Waals surface area (Å²) in [5.41, 5.74) is 3.61. The summed E-state index contributed by atoms with van der Waals surface area (Å²) in [6.45, 7) is 3.75. The molecule has 1 aromatic heterocycles. The van der Waals surface area contributed by atoms with Crippen LogP contribution in [-0.2, 0) is 4.79 Å². The first kappa shape index (κ1) is 21.0. The third-order valence-electron chi connectivity index (χ3n) is 5.00. The zero-order chi connectivity index (χ0) is 22.3. The highest BCUT2D eigenvalue weighted by Crippen LogP contribution is 2.36. The summed E-state index contributed by atoms with van der Waals surface area (Å²) in [4.78, 5) is 38.3. The second-order valence-electron chi connectivity index (χ2n) is 6.98. The summed E-state index contributed by atoms with van der Waals surface area (Å²) in [6, 6.07) is 15.5. The number of imide groups is 1. The Balaban J connectivity index is 1.73. The number of carbonyl (C=O) groups is 3. The van der Waals surface area contributed by atoms with Gasteiger partial charge in [-0.1, -0.05) is 29.8 Å². The number of aryl methyl sites for hydroxylation is 1. The predicted molar refractivity (Wildman–Crippen MR) is 122 cm³/mol. The SMILES string of the molecule is Cc1cc(/C=C2/SC(=O)N(c3ccccc3)C2=O)c(C)n1-c1ccc(Cl)c(C(=O)O)c1. The van der Waals surface area contributed by atoms with Crippen molar-refractivity contribution in [1.29, 1.82) is 0 Å². The van der Waals surface area contributed by atoms with E-state index in [1.54, 1.807) is 42.5 Å². The molecule has 3 aromatic rings. The lowest BCUT2D eigenvalue weighted by Crippen LogP contribution is -2.27. The second kappa shape index (κ2) is 8.09. The van der Waals surface area contributed by atoms with Crippen LogP contribution >= 0.6 is 23.4 Å². The maximum atomic E-state index is 12.9. The molecule has 0 bridgehead atoms. The van der Waals surface area contributed by atoms with E-state index in [2.05, 4.69) is 0 Å². The molecule has 0 unspecified atom stereocenters. The van der Waals surface area contributed by atoms with Gasteiger partial charge in [0.25, 0.3) is 11.1 Å². The van der Waals surface area contributed by atoms with Crippen LogP contribution in [0.5, 0.6) is 0 Å². The number of carboxylic acid groups (broad SMARTS) is 1. The second-order valence-corrected chi connectivity index (χ2v) is 8.38. The van der Waals surface area contributed by atoms with E-state index in [1.807, 2.05) is 30.5 Å². The highest BCUT2D eigenvalue weighted by Gasteiger charge is 2.36. The van der Waals surface area contributed by atoms with Gasteiger partial charge in [0.05, 0.1) is 21.2 Å². The van der Waals surface area contributed by atoms with Gasteiger partial charge in [-0.3, -0.25) is 9.59 Å². The highest BCUT2D eigenvalue weighted by molar-refractivity contribution is 8.19. The Bertz CT molecular complexity index is 1260. The summed E-state index contributed by atoms with van der Waals surface area (Å²) < 4.78 is 1.88. The molecule has 0 saturated carbocycles. The molecular formula is C23H17ClN2O4S. The van der Waals surface area contributed by atoms with Crippen molar-refractivity contribution in [3.05, 3.63) is 87.0 Å². The number of thioether (sulfide) groups is 1. The lowest BCUT2D eigenvalue weighted by atomic mass is 10.2. The lowest BCUT2D eigenvalue weighted by Gasteiger charge is -2.12. The van der Waals surface area contributed by atoms with E-state index in [9.17, 15) is 19.5 Å². The van der Waals surface area contributed by atoms with Gasteiger partial charge in [0.2, 0.25) is 0 Å². The summed E-state index contributed by atoms with van der Waals surface area (Å²) in [7, 11) is 0. The number of rotatable bonds is 4. The molecule has 0 radical (unpaired) electrons. The minimum absolute atomic E-state index is 0.0113. The summed E-state index contributed by atoms with van der Waals surface area (Å²) >= 11 is 6.89. The van der Waals surface area contributed by atoms with Gasteiger partial charge in [-0.25, -0.2) is 9.69 Å². The van der Waals surface area contributed by atoms with Gasteiger partial charge in [-0.05, 0) is 73.6 Å². The number of hydrogen-bond donors (Lipinski definition) is 1. The van der Waals surface area contributed by atoms with Gasteiger partial charge in [0, 0.05) is 17.1 Å². The van der Waals surface area contributed by atoms with E-state index in [1.165, 1.54) is 6.07 Å². The minimum Gasteiger partial charge on any atom is -0.478 e. The number of carboxylic acids is 1. The van der Waals surface area contributed by atoms with E-state index in [-0.39, 0.29) is 21.7 Å². The van der Waals surface area contributed by atoms with Crippen LogP contribution in [0.3, 0.4) is 0 Å². The molecular weight excluding hydrogens is 436 g/mol. The summed E-state index contributed by atoms with van der Waals surface area (Å²) in [5.74, 6) is -1.48. The van der Waals surface area contributed by atoms with Crippen LogP contribution in [0.4, 0.5) is 10.5 Å². The van der Waals surface area contributed by atoms with Crippen molar-refractivity contribution in [3.8, 4) is 5.69 Å². The van der Waals surface area contributed by atoms with Crippen molar-refractivity contribution >= 4 is 52.2 Å². The van der Waals surface area contributed by atoms with Gasteiger partial charge < -0.3 is 9.67 Å². The Hall–Kier alpha value is -3.29. The van der Waals surface area contributed by atoms with Crippen LogP contribution < -0.4 is 4.90 Å². The fourth-order valence-electron chi connectivity index (χ4n) is 3.56. The average Bonchev–Trinajstić information content (AvgIpc) is 3.17. The van der Waals surface area contributed by atoms with Crippen LogP contribution in [-0.4, -0.2) is 26.8 Å². The Morgan fingerprint density at radius 1 is 1.03 bits per heavy atom. The van der Waals surface area contributed by atoms with Gasteiger partial charge >= 0.3 is 5.97 Å². The zero-order valence-electron chi connectivity index (χ0n) is 16.6. The van der Waals surface area contributed by atoms with Crippen LogP contribution in [0.25, 0.3) is 11.8 Å². The molecule has 1 aliphatic heterocycles. The van der Waals surface area contributed by atoms with Crippen molar-refractivity contribution in [3.63, 3.8) is 0 Å². The van der Waals surface area contributed by atoms with Crippen molar-refractivity contribution in [2.75, 3.05) is 4.90 Å². The first-order valence-electron chi connectivity index (χ1n) is 9.33. The van der Waals surface area contributed by atoms with Gasteiger partial charge in [-0.2, -0.15) is 0 Å². The number of anilines is 1. The summed E-state index contributed by atoms with van der Waals surface area (Å²) in [5, 5.41) is 9.18. The maximum Gasteiger partial charge on any atom is 0.337 e. The average molecular weight is 453 g/mol. The highest BCUT2D eigenvalue weighted by atomic mass is 35.5. The van der Waals surface area contributed by atoms with Crippen molar-refractivity contribution in [2.45, 2.75) is 13.8 Å². The largest absolute Gasteiger partial charge is 0.478 e. The Labute approximate surface area is 187 Å². The van der Waals surface area contributed by atoms with Crippen LogP contribution in [0.2, 0.25) is 5.02 Å². The molecule has 2 amide bonds.